The van der Waals surface area contributed by atoms with Crippen LogP contribution in [0.3, 0.4) is 0 Å². The molecule has 31 heavy (non-hydrogen) atoms. The zero-order valence-electron chi connectivity index (χ0n) is 16.8. The second-order valence-corrected chi connectivity index (χ2v) is 9.84. The molecule has 166 valence electrons. The van der Waals surface area contributed by atoms with E-state index in [0.717, 1.165) is 0 Å². The molecule has 1 amide bonds. The molecule has 1 atom stereocenters. The molecule has 3 rings (SSSR count). The smallest absolute Gasteiger partial charge is 0.339 e. The van der Waals surface area contributed by atoms with E-state index >= 15 is 0 Å². The van der Waals surface area contributed by atoms with Crippen molar-refractivity contribution in [2.75, 3.05) is 25.0 Å². The molecule has 0 aromatic heterocycles. The first-order valence-electron chi connectivity index (χ1n) is 9.75. The Kier molecular flexibility index (Phi) is 7.59. The Hall–Kier alpha value is -2.13. The van der Waals surface area contributed by atoms with Crippen LogP contribution in [0, 0.1) is 5.92 Å². The number of halogens is 2. The molecule has 1 aliphatic rings. The number of hydrogen-bond acceptors (Lipinski definition) is 5. The summed E-state index contributed by atoms with van der Waals surface area (Å²) in [7, 11) is -3.73. The Labute approximate surface area is 191 Å². The van der Waals surface area contributed by atoms with Gasteiger partial charge in [-0.05, 0) is 62.2 Å². The Balaban J connectivity index is 1.72. The average molecular weight is 485 g/mol. The van der Waals surface area contributed by atoms with Crippen molar-refractivity contribution in [1.82, 2.24) is 4.31 Å². The summed E-state index contributed by atoms with van der Waals surface area (Å²) in [4.78, 5) is 25.0. The van der Waals surface area contributed by atoms with Gasteiger partial charge < -0.3 is 10.1 Å². The fourth-order valence-corrected chi connectivity index (χ4v) is 5.19. The van der Waals surface area contributed by atoms with Gasteiger partial charge in [0.25, 0.3) is 0 Å². The molecule has 7 nitrogen and oxygen atoms in total. The van der Waals surface area contributed by atoms with Gasteiger partial charge in [-0.15, -0.1) is 0 Å². The van der Waals surface area contributed by atoms with Crippen molar-refractivity contribution in [3.8, 4) is 0 Å². The number of carbonyl (C=O) groups is 2. The van der Waals surface area contributed by atoms with E-state index < -0.39 is 21.9 Å². The summed E-state index contributed by atoms with van der Waals surface area (Å²) in [5.74, 6) is -1.44. The largest absolute Gasteiger partial charge is 0.462 e. The van der Waals surface area contributed by atoms with E-state index in [1.807, 2.05) is 0 Å². The van der Waals surface area contributed by atoms with Gasteiger partial charge >= 0.3 is 5.97 Å². The maximum atomic E-state index is 12.9. The van der Waals surface area contributed by atoms with Crippen LogP contribution in [0.5, 0.6) is 0 Å². The number of carbonyl (C=O) groups excluding carboxylic acids is 2. The molecule has 10 heteroatoms. The van der Waals surface area contributed by atoms with Crippen molar-refractivity contribution in [1.29, 1.82) is 0 Å². The first-order chi connectivity index (χ1) is 14.7. The number of hydrogen-bond donors (Lipinski definition) is 1. The van der Waals surface area contributed by atoms with Gasteiger partial charge in [0, 0.05) is 23.8 Å². The van der Waals surface area contributed by atoms with Crippen LogP contribution >= 0.6 is 23.2 Å². The van der Waals surface area contributed by atoms with Crippen molar-refractivity contribution < 1.29 is 22.7 Å². The minimum atomic E-state index is -3.73. The van der Waals surface area contributed by atoms with Crippen molar-refractivity contribution in [3.05, 3.63) is 58.1 Å². The number of piperidine rings is 1. The molecule has 1 unspecified atom stereocenters. The van der Waals surface area contributed by atoms with Gasteiger partial charge in [-0.1, -0.05) is 23.2 Å². The molecule has 2 aromatic carbocycles. The summed E-state index contributed by atoms with van der Waals surface area (Å²) in [5.41, 5.74) is 0.534. The summed E-state index contributed by atoms with van der Waals surface area (Å²) in [6, 6.07) is 10.5. The predicted octanol–water partition coefficient (Wildman–Crippen LogP) is 4.21. The number of esters is 1. The van der Waals surface area contributed by atoms with Crippen LogP contribution in [0.25, 0.3) is 0 Å². The number of anilines is 1. The molecular weight excluding hydrogens is 463 g/mol. The third-order valence-corrected chi connectivity index (χ3v) is 7.40. The highest BCUT2D eigenvalue weighted by Gasteiger charge is 2.33. The maximum Gasteiger partial charge on any atom is 0.339 e. The molecule has 0 aliphatic carbocycles. The predicted molar refractivity (Wildman–Crippen MR) is 119 cm³/mol. The van der Waals surface area contributed by atoms with Crippen molar-refractivity contribution in [2.24, 2.45) is 5.92 Å². The minimum Gasteiger partial charge on any atom is -0.462 e. The number of nitrogens with zero attached hydrogens (tertiary/aromatic N) is 1. The fraction of sp³-hybridized carbons (Fsp3) is 0.333. The van der Waals surface area contributed by atoms with Crippen molar-refractivity contribution >= 4 is 50.8 Å². The Morgan fingerprint density at radius 3 is 2.55 bits per heavy atom. The van der Waals surface area contributed by atoms with Crippen LogP contribution in [0.15, 0.2) is 47.4 Å². The van der Waals surface area contributed by atoms with Gasteiger partial charge in [-0.3, -0.25) is 4.79 Å². The number of nitrogens with one attached hydrogen (secondary N) is 1. The lowest BCUT2D eigenvalue weighted by atomic mass is 9.98. The molecule has 0 radical (unpaired) electrons. The highest BCUT2D eigenvalue weighted by Crippen LogP contribution is 2.27. The third kappa shape index (κ3) is 5.57. The van der Waals surface area contributed by atoms with E-state index in [1.54, 1.807) is 13.0 Å². The number of rotatable bonds is 6. The van der Waals surface area contributed by atoms with E-state index in [2.05, 4.69) is 5.32 Å². The highest BCUT2D eigenvalue weighted by atomic mass is 35.5. The second-order valence-electron chi connectivity index (χ2n) is 7.06. The monoisotopic (exact) mass is 484 g/mol. The lowest BCUT2D eigenvalue weighted by molar-refractivity contribution is -0.120. The zero-order chi connectivity index (χ0) is 22.6. The van der Waals surface area contributed by atoms with Gasteiger partial charge in [-0.25, -0.2) is 13.2 Å². The quantitative estimate of drug-likeness (QED) is 0.619. The molecule has 0 bridgehead atoms. The lowest BCUT2D eigenvalue weighted by Gasteiger charge is -2.31. The van der Waals surface area contributed by atoms with Crippen LogP contribution in [-0.2, 0) is 19.6 Å². The first-order valence-corrected chi connectivity index (χ1v) is 11.9. The summed E-state index contributed by atoms with van der Waals surface area (Å²) in [6.45, 7) is 2.29. The molecule has 0 spiro atoms. The van der Waals surface area contributed by atoms with Crippen LogP contribution < -0.4 is 5.32 Å². The maximum absolute atomic E-state index is 12.9. The molecule has 1 N–H and O–H groups in total. The fourth-order valence-electron chi connectivity index (χ4n) is 3.34. The van der Waals surface area contributed by atoms with Gasteiger partial charge in [0.1, 0.15) is 0 Å². The van der Waals surface area contributed by atoms with E-state index in [1.165, 1.54) is 40.7 Å². The van der Waals surface area contributed by atoms with Crippen LogP contribution in [-0.4, -0.2) is 44.3 Å². The van der Waals surface area contributed by atoms with Crippen LogP contribution in [0.4, 0.5) is 5.69 Å². The number of ether oxygens (including phenoxy) is 1. The normalized spacial score (nSPS) is 17.2. The summed E-state index contributed by atoms with van der Waals surface area (Å²) in [5, 5.41) is 3.41. The molecule has 1 saturated heterocycles. The topological polar surface area (TPSA) is 92.8 Å². The van der Waals surface area contributed by atoms with E-state index in [-0.39, 0.29) is 34.5 Å². The van der Waals surface area contributed by atoms with Crippen LogP contribution in [0.1, 0.15) is 30.1 Å². The molecule has 1 heterocycles. The van der Waals surface area contributed by atoms with Crippen LogP contribution in [0.2, 0.25) is 10.0 Å². The van der Waals surface area contributed by atoms with Gasteiger partial charge in [0.2, 0.25) is 15.9 Å². The van der Waals surface area contributed by atoms with E-state index in [9.17, 15) is 18.0 Å². The summed E-state index contributed by atoms with van der Waals surface area (Å²) in [6.07, 6.45) is 1.11. The molecular formula is C21H22Cl2N2O5S. The van der Waals surface area contributed by atoms with E-state index in [4.69, 9.17) is 27.9 Å². The Bertz CT molecular complexity index is 1070. The summed E-state index contributed by atoms with van der Waals surface area (Å²) < 4.78 is 32.1. The lowest BCUT2D eigenvalue weighted by Crippen LogP contribution is -2.43. The Morgan fingerprint density at radius 1 is 1.16 bits per heavy atom. The SMILES string of the molecule is CCOC(=O)c1cc(NC(=O)C2CCCN(S(=O)(=O)c3ccc(Cl)cc3)C2)ccc1Cl. The zero-order valence-corrected chi connectivity index (χ0v) is 19.1. The number of sulfonamides is 1. The first kappa shape index (κ1) is 23.5. The van der Waals surface area contributed by atoms with E-state index in [0.29, 0.717) is 30.1 Å². The standard InChI is InChI=1S/C21H22Cl2N2O5S/c1-2-30-21(27)18-12-16(7-10-19(18)23)24-20(26)14-4-3-11-25(13-14)31(28,29)17-8-5-15(22)6-9-17/h5-10,12,14H,2-4,11,13H2,1H3,(H,24,26). The molecule has 1 fully saturated rings. The number of amides is 1. The summed E-state index contributed by atoms with van der Waals surface area (Å²) >= 11 is 11.9. The second kappa shape index (κ2) is 9.99. The average Bonchev–Trinajstić information content (AvgIpc) is 2.75. The highest BCUT2D eigenvalue weighted by molar-refractivity contribution is 7.89. The van der Waals surface area contributed by atoms with Gasteiger partial charge in [-0.2, -0.15) is 4.31 Å². The van der Waals surface area contributed by atoms with Gasteiger partial charge in [0.15, 0.2) is 0 Å². The minimum absolute atomic E-state index is 0.0646. The van der Waals surface area contributed by atoms with Gasteiger partial charge in [0.05, 0.1) is 28.0 Å². The molecule has 0 saturated carbocycles. The molecule has 1 aliphatic heterocycles. The van der Waals surface area contributed by atoms with Crippen molar-refractivity contribution in [2.45, 2.75) is 24.7 Å². The van der Waals surface area contributed by atoms with Crippen molar-refractivity contribution in [3.63, 3.8) is 0 Å². The Morgan fingerprint density at radius 2 is 1.87 bits per heavy atom. The number of benzene rings is 2. The molecule has 2 aromatic rings. The third-order valence-electron chi connectivity index (χ3n) is 4.94.